The van der Waals surface area contributed by atoms with Gasteiger partial charge in [-0.15, -0.1) is 0 Å². The van der Waals surface area contributed by atoms with Gasteiger partial charge in [0.1, 0.15) is 6.10 Å². The van der Waals surface area contributed by atoms with Gasteiger partial charge in [0.25, 0.3) is 0 Å². The zero-order chi connectivity index (χ0) is 11.6. The second-order valence-electron chi connectivity index (χ2n) is 5.75. The van der Waals surface area contributed by atoms with Crippen LogP contribution in [-0.2, 0) is 9.53 Å². The van der Waals surface area contributed by atoms with Crippen LogP contribution in [0.1, 0.15) is 33.6 Å². The van der Waals surface area contributed by atoms with Gasteiger partial charge < -0.3 is 4.74 Å². The van der Waals surface area contributed by atoms with E-state index in [1.165, 1.54) is 0 Å². The van der Waals surface area contributed by atoms with E-state index in [4.69, 9.17) is 4.74 Å². The molecule has 1 rings (SSSR count). The van der Waals surface area contributed by atoms with E-state index < -0.39 is 0 Å². The van der Waals surface area contributed by atoms with Crippen LogP contribution in [0.15, 0.2) is 0 Å². The number of ether oxygens (including phenoxy) is 1. The molecule has 0 aromatic heterocycles. The van der Waals surface area contributed by atoms with Gasteiger partial charge in [0.2, 0.25) is 0 Å². The lowest BCUT2D eigenvalue weighted by molar-refractivity contribution is -0.142. The molecule has 88 valence electrons. The molecule has 0 N–H and O–H groups in total. The smallest absolute Gasteiger partial charge is 0.167 e. The van der Waals surface area contributed by atoms with Crippen molar-refractivity contribution >= 4 is 5.78 Å². The molecule has 1 atom stereocenters. The molecule has 1 unspecified atom stereocenters. The molecule has 1 aliphatic rings. The quantitative estimate of drug-likeness (QED) is 0.653. The van der Waals surface area contributed by atoms with E-state index in [0.717, 1.165) is 12.8 Å². The van der Waals surface area contributed by atoms with Crippen molar-refractivity contribution in [3.63, 3.8) is 0 Å². The van der Waals surface area contributed by atoms with Crippen molar-refractivity contribution in [2.45, 2.75) is 39.7 Å². The normalized spacial score (nSPS) is 19.3. The van der Waals surface area contributed by atoms with Gasteiger partial charge in [-0.05, 0) is 32.9 Å². The molecule has 1 aliphatic carbocycles. The summed E-state index contributed by atoms with van der Waals surface area (Å²) < 4.78 is 5.69. The van der Waals surface area contributed by atoms with Crippen LogP contribution in [0.25, 0.3) is 0 Å². The Bertz CT molecular complexity index is 226. The monoisotopic (exact) mass is 213 g/mol. The molecule has 0 heterocycles. The van der Waals surface area contributed by atoms with E-state index in [1.807, 2.05) is 39.8 Å². The van der Waals surface area contributed by atoms with Crippen molar-refractivity contribution in [2.24, 2.45) is 11.3 Å². The maximum atomic E-state index is 12.1. The number of ketones is 1. The van der Waals surface area contributed by atoms with E-state index in [9.17, 15) is 4.79 Å². The van der Waals surface area contributed by atoms with E-state index in [2.05, 4.69) is 0 Å². The first-order valence-electron chi connectivity index (χ1n) is 5.63. The van der Waals surface area contributed by atoms with Crippen LogP contribution in [0.3, 0.4) is 0 Å². The largest absolute Gasteiger partial charge is 0.355 e. The average Bonchev–Trinajstić information content (AvgIpc) is 2.85. The summed E-state index contributed by atoms with van der Waals surface area (Å²) in [5, 5.41) is 0. The first-order valence-corrected chi connectivity index (χ1v) is 5.63. The summed E-state index contributed by atoms with van der Waals surface area (Å²) in [6.45, 7) is 6.42. The van der Waals surface area contributed by atoms with Gasteiger partial charge in [-0.2, -0.15) is 0 Å². The maximum absolute atomic E-state index is 12.1. The molecule has 1 fully saturated rings. The molecule has 0 aromatic rings. The SMILES string of the molecule is CN(C)COC(C(=O)C(C)(C)C)C1CC1. The third-order valence-corrected chi connectivity index (χ3v) is 2.56. The Morgan fingerprint density at radius 3 is 2.27 bits per heavy atom. The molecule has 0 amide bonds. The third-order valence-electron chi connectivity index (χ3n) is 2.56. The summed E-state index contributed by atoms with van der Waals surface area (Å²) in [7, 11) is 3.90. The van der Waals surface area contributed by atoms with Crippen LogP contribution in [0, 0.1) is 11.3 Å². The average molecular weight is 213 g/mol. The Balaban J connectivity index is 2.54. The summed E-state index contributed by atoms with van der Waals surface area (Å²) >= 11 is 0. The van der Waals surface area contributed by atoms with E-state index in [0.29, 0.717) is 12.6 Å². The van der Waals surface area contributed by atoms with Gasteiger partial charge in [-0.1, -0.05) is 20.8 Å². The standard InChI is InChI=1S/C12H23NO2/c1-12(2,3)11(14)10(9-6-7-9)15-8-13(4)5/h9-10H,6-8H2,1-5H3. The van der Waals surface area contributed by atoms with Crippen LogP contribution in [0.2, 0.25) is 0 Å². The lowest BCUT2D eigenvalue weighted by Gasteiger charge is -2.25. The number of carbonyl (C=O) groups excluding carboxylic acids is 1. The molecule has 0 aromatic carbocycles. The van der Waals surface area contributed by atoms with Crippen molar-refractivity contribution in [1.82, 2.24) is 4.90 Å². The fourth-order valence-electron chi connectivity index (χ4n) is 1.48. The fourth-order valence-corrected chi connectivity index (χ4v) is 1.48. The lowest BCUT2D eigenvalue weighted by atomic mass is 9.86. The molecule has 0 saturated heterocycles. The molecule has 1 saturated carbocycles. The second-order valence-corrected chi connectivity index (χ2v) is 5.75. The van der Waals surface area contributed by atoms with Crippen LogP contribution in [-0.4, -0.2) is 37.6 Å². The minimum atomic E-state index is -0.292. The Hall–Kier alpha value is -0.410. The number of hydrogen-bond acceptors (Lipinski definition) is 3. The van der Waals surface area contributed by atoms with Gasteiger partial charge in [-0.25, -0.2) is 0 Å². The third kappa shape index (κ3) is 3.92. The second kappa shape index (κ2) is 4.62. The highest BCUT2D eigenvalue weighted by molar-refractivity contribution is 5.88. The van der Waals surface area contributed by atoms with E-state index >= 15 is 0 Å². The molecular formula is C12H23NO2. The highest BCUT2D eigenvalue weighted by Crippen LogP contribution is 2.37. The Morgan fingerprint density at radius 2 is 1.93 bits per heavy atom. The molecule has 15 heavy (non-hydrogen) atoms. The first-order chi connectivity index (χ1) is 6.82. The molecule has 0 aliphatic heterocycles. The maximum Gasteiger partial charge on any atom is 0.167 e. The minimum Gasteiger partial charge on any atom is -0.355 e. The predicted octanol–water partition coefficient (Wildman–Crippen LogP) is 1.92. The van der Waals surface area contributed by atoms with Crippen LogP contribution in [0.4, 0.5) is 0 Å². The number of hydrogen-bond donors (Lipinski definition) is 0. The van der Waals surface area contributed by atoms with Gasteiger partial charge in [0.15, 0.2) is 5.78 Å². The topological polar surface area (TPSA) is 29.5 Å². The van der Waals surface area contributed by atoms with Crippen molar-refractivity contribution < 1.29 is 9.53 Å². The molecule has 0 bridgehead atoms. The number of Topliss-reactive ketones (excluding diaryl/α,β-unsaturated/α-hetero) is 1. The van der Waals surface area contributed by atoms with Gasteiger partial charge in [0, 0.05) is 5.41 Å². The number of carbonyl (C=O) groups is 1. The molecule has 0 radical (unpaired) electrons. The summed E-state index contributed by atoms with van der Waals surface area (Å²) in [5.74, 6) is 0.712. The first kappa shape index (κ1) is 12.7. The van der Waals surface area contributed by atoms with Gasteiger partial charge >= 0.3 is 0 Å². The highest BCUT2D eigenvalue weighted by Gasteiger charge is 2.41. The zero-order valence-corrected chi connectivity index (χ0v) is 10.5. The highest BCUT2D eigenvalue weighted by atomic mass is 16.5. The van der Waals surface area contributed by atoms with Crippen molar-refractivity contribution in [3.8, 4) is 0 Å². The molecule has 0 spiro atoms. The molecule has 3 heteroatoms. The Labute approximate surface area is 92.8 Å². The minimum absolute atomic E-state index is 0.188. The van der Waals surface area contributed by atoms with Crippen molar-refractivity contribution in [2.75, 3.05) is 20.8 Å². The Kier molecular flexibility index (Phi) is 3.90. The lowest BCUT2D eigenvalue weighted by Crippen LogP contribution is -2.38. The van der Waals surface area contributed by atoms with Crippen LogP contribution >= 0.6 is 0 Å². The zero-order valence-electron chi connectivity index (χ0n) is 10.5. The van der Waals surface area contributed by atoms with Gasteiger partial charge in [0.05, 0.1) is 6.73 Å². The van der Waals surface area contributed by atoms with E-state index in [1.54, 1.807) is 0 Å². The van der Waals surface area contributed by atoms with Crippen LogP contribution in [0.5, 0.6) is 0 Å². The van der Waals surface area contributed by atoms with Crippen molar-refractivity contribution in [1.29, 1.82) is 0 Å². The fraction of sp³-hybridized carbons (Fsp3) is 0.917. The predicted molar refractivity (Wildman–Crippen MR) is 60.6 cm³/mol. The van der Waals surface area contributed by atoms with Crippen molar-refractivity contribution in [3.05, 3.63) is 0 Å². The summed E-state index contributed by atoms with van der Waals surface area (Å²) in [6.07, 6.45) is 2.09. The number of nitrogens with zero attached hydrogens (tertiary/aromatic N) is 1. The number of rotatable bonds is 5. The Morgan fingerprint density at radius 1 is 1.40 bits per heavy atom. The van der Waals surface area contributed by atoms with E-state index in [-0.39, 0.29) is 17.3 Å². The summed E-state index contributed by atoms with van der Waals surface area (Å²) in [4.78, 5) is 14.1. The molecule has 3 nitrogen and oxygen atoms in total. The van der Waals surface area contributed by atoms with Crippen LogP contribution < -0.4 is 0 Å². The summed E-state index contributed by atoms with van der Waals surface area (Å²) in [6, 6.07) is 0. The molecular weight excluding hydrogens is 190 g/mol. The summed E-state index contributed by atoms with van der Waals surface area (Å²) in [5.41, 5.74) is -0.292. The van der Waals surface area contributed by atoms with Gasteiger partial charge in [-0.3, -0.25) is 9.69 Å².